The van der Waals surface area contributed by atoms with Gasteiger partial charge in [0.25, 0.3) is 0 Å². The highest BCUT2D eigenvalue weighted by Gasteiger charge is 2.26. The summed E-state index contributed by atoms with van der Waals surface area (Å²) in [5, 5.41) is 0. The van der Waals surface area contributed by atoms with Crippen molar-refractivity contribution < 1.29 is 4.74 Å². The Morgan fingerprint density at radius 2 is 1.92 bits per heavy atom. The van der Waals surface area contributed by atoms with Crippen molar-refractivity contribution in [3.8, 4) is 0 Å². The molecule has 1 heterocycles. The van der Waals surface area contributed by atoms with Gasteiger partial charge in [0, 0.05) is 13.1 Å². The lowest BCUT2D eigenvalue weighted by Gasteiger charge is -2.38. The summed E-state index contributed by atoms with van der Waals surface area (Å²) in [5.41, 5.74) is 5.61. The Labute approximate surface area is 85.2 Å². The van der Waals surface area contributed by atoms with Gasteiger partial charge in [0.2, 0.25) is 0 Å². The van der Waals surface area contributed by atoms with Crippen LogP contribution in [-0.4, -0.2) is 41.2 Å². The summed E-state index contributed by atoms with van der Waals surface area (Å²) >= 11 is 4.97. The summed E-state index contributed by atoms with van der Waals surface area (Å²) in [4.78, 5) is 2.85. The van der Waals surface area contributed by atoms with Crippen LogP contribution in [0.4, 0.5) is 0 Å². The molecule has 0 aromatic carbocycles. The molecule has 0 saturated carbocycles. The Balaban J connectivity index is 2.54. The van der Waals surface area contributed by atoms with Gasteiger partial charge in [-0.2, -0.15) is 0 Å². The molecule has 0 bridgehead atoms. The van der Waals surface area contributed by atoms with Crippen LogP contribution in [0.5, 0.6) is 0 Å². The van der Waals surface area contributed by atoms with Crippen LogP contribution in [0.3, 0.4) is 0 Å². The van der Waals surface area contributed by atoms with E-state index in [4.69, 9.17) is 22.7 Å². The fourth-order valence-corrected chi connectivity index (χ4v) is 1.86. The van der Waals surface area contributed by atoms with Crippen molar-refractivity contribution in [3.63, 3.8) is 0 Å². The van der Waals surface area contributed by atoms with Crippen LogP contribution in [0.2, 0.25) is 0 Å². The molecular weight excluding hydrogens is 184 g/mol. The lowest BCUT2D eigenvalue weighted by Crippen LogP contribution is -2.52. The monoisotopic (exact) mass is 202 g/mol. The third kappa shape index (κ3) is 2.90. The number of ether oxygens (including phenoxy) is 1. The number of rotatable bonds is 2. The van der Waals surface area contributed by atoms with Crippen LogP contribution < -0.4 is 5.73 Å². The van der Waals surface area contributed by atoms with Gasteiger partial charge >= 0.3 is 0 Å². The van der Waals surface area contributed by atoms with Crippen molar-refractivity contribution in [3.05, 3.63) is 0 Å². The third-order valence-corrected chi connectivity index (χ3v) is 2.75. The zero-order valence-corrected chi connectivity index (χ0v) is 9.30. The van der Waals surface area contributed by atoms with E-state index in [-0.39, 0.29) is 18.2 Å². The summed E-state index contributed by atoms with van der Waals surface area (Å²) in [6.07, 6.45) is 0.557. The van der Waals surface area contributed by atoms with Gasteiger partial charge in [0.15, 0.2) is 0 Å². The topological polar surface area (TPSA) is 38.5 Å². The maximum absolute atomic E-state index is 5.62. The van der Waals surface area contributed by atoms with Crippen molar-refractivity contribution in [1.82, 2.24) is 4.90 Å². The van der Waals surface area contributed by atoms with Crippen molar-refractivity contribution >= 4 is 17.2 Å². The van der Waals surface area contributed by atoms with Crippen molar-refractivity contribution in [1.29, 1.82) is 0 Å². The van der Waals surface area contributed by atoms with Gasteiger partial charge in [-0.3, -0.25) is 4.90 Å². The minimum Gasteiger partial charge on any atom is -0.392 e. The molecule has 1 saturated heterocycles. The fourth-order valence-electron chi connectivity index (χ4n) is 1.71. The highest BCUT2D eigenvalue weighted by atomic mass is 32.1. The SMILES string of the molecule is CC1CN(C(C)C(N)=S)CC(C)O1. The van der Waals surface area contributed by atoms with Crippen LogP contribution in [0.25, 0.3) is 0 Å². The molecule has 76 valence electrons. The van der Waals surface area contributed by atoms with Gasteiger partial charge in [0.05, 0.1) is 23.2 Å². The lowest BCUT2D eigenvalue weighted by molar-refractivity contribution is -0.0716. The second-order valence-corrected chi connectivity index (χ2v) is 4.26. The summed E-state index contributed by atoms with van der Waals surface area (Å²) in [6, 6.07) is 0.184. The van der Waals surface area contributed by atoms with E-state index in [2.05, 4.69) is 18.7 Å². The second kappa shape index (κ2) is 4.35. The smallest absolute Gasteiger partial charge is 0.0899 e. The Kier molecular flexibility index (Phi) is 3.64. The molecule has 3 nitrogen and oxygen atoms in total. The Bertz CT molecular complexity index is 188. The van der Waals surface area contributed by atoms with E-state index < -0.39 is 0 Å². The molecule has 1 rings (SSSR count). The molecule has 3 atom stereocenters. The zero-order valence-electron chi connectivity index (χ0n) is 8.49. The van der Waals surface area contributed by atoms with Gasteiger partial charge in [-0.05, 0) is 20.8 Å². The van der Waals surface area contributed by atoms with Crippen molar-refractivity contribution in [2.45, 2.75) is 39.0 Å². The summed E-state index contributed by atoms with van der Waals surface area (Å²) in [5.74, 6) is 0. The number of morpholine rings is 1. The highest BCUT2D eigenvalue weighted by Crippen LogP contribution is 2.13. The van der Waals surface area contributed by atoms with E-state index in [1.165, 1.54) is 0 Å². The first-order chi connectivity index (χ1) is 6.00. The average molecular weight is 202 g/mol. The predicted octanol–water partition coefficient (Wildman–Crippen LogP) is 0.770. The van der Waals surface area contributed by atoms with Gasteiger partial charge in [0.1, 0.15) is 0 Å². The summed E-state index contributed by atoms with van der Waals surface area (Å²) in [7, 11) is 0. The Hall–Kier alpha value is -0.190. The molecule has 0 aliphatic carbocycles. The van der Waals surface area contributed by atoms with Crippen molar-refractivity contribution in [2.24, 2.45) is 5.73 Å². The maximum Gasteiger partial charge on any atom is 0.0899 e. The molecule has 1 aliphatic heterocycles. The average Bonchev–Trinajstić information content (AvgIpc) is 2.01. The molecule has 3 unspecified atom stereocenters. The zero-order chi connectivity index (χ0) is 10.0. The van der Waals surface area contributed by atoms with Gasteiger partial charge in [-0.15, -0.1) is 0 Å². The Morgan fingerprint density at radius 3 is 2.31 bits per heavy atom. The molecule has 0 aromatic rings. The first-order valence-electron chi connectivity index (χ1n) is 4.69. The van der Waals surface area contributed by atoms with E-state index in [0.29, 0.717) is 4.99 Å². The van der Waals surface area contributed by atoms with Crippen LogP contribution in [0.1, 0.15) is 20.8 Å². The highest BCUT2D eigenvalue weighted by molar-refractivity contribution is 7.80. The molecule has 0 amide bonds. The number of thiocarbonyl (C=S) groups is 1. The summed E-state index contributed by atoms with van der Waals surface area (Å²) < 4.78 is 5.62. The minimum absolute atomic E-state index is 0.184. The minimum atomic E-state index is 0.184. The van der Waals surface area contributed by atoms with E-state index in [1.807, 2.05) is 6.92 Å². The second-order valence-electron chi connectivity index (χ2n) is 3.79. The molecule has 1 fully saturated rings. The molecule has 0 radical (unpaired) electrons. The van der Waals surface area contributed by atoms with E-state index >= 15 is 0 Å². The molecule has 13 heavy (non-hydrogen) atoms. The van der Waals surface area contributed by atoms with E-state index in [0.717, 1.165) is 13.1 Å². The predicted molar refractivity (Wildman–Crippen MR) is 57.8 cm³/mol. The van der Waals surface area contributed by atoms with Crippen molar-refractivity contribution in [2.75, 3.05) is 13.1 Å². The van der Waals surface area contributed by atoms with Crippen LogP contribution in [0, 0.1) is 0 Å². The largest absolute Gasteiger partial charge is 0.392 e. The third-order valence-electron chi connectivity index (χ3n) is 2.41. The number of nitrogens with zero attached hydrogens (tertiary/aromatic N) is 1. The molecule has 0 aromatic heterocycles. The van der Waals surface area contributed by atoms with E-state index in [9.17, 15) is 0 Å². The van der Waals surface area contributed by atoms with E-state index in [1.54, 1.807) is 0 Å². The first kappa shape index (κ1) is 10.9. The fraction of sp³-hybridized carbons (Fsp3) is 0.889. The lowest BCUT2D eigenvalue weighted by atomic mass is 10.2. The molecule has 4 heteroatoms. The molecule has 0 spiro atoms. The van der Waals surface area contributed by atoms with Crippen LogP contribution in [0.15, 0.2) is 0 Å². The Morgan fingerprint density at radius 1 is 1.46 bits per heavy atom. The summed E-state index contributed by atoms with van der Waals surface area (Å²) in [6.45, 7) is 8.04. The van der Waals surface area contributed by atoms with Crippen LogP contribution in [-0.2, 0) is 4.74 Å². The molecule has 1 aliphatic rings. The van der Waals surface area contributed by atoms with Gasteiger partial charge in [-0.1, -0.05) is 12.2 Å². The van der Waals surface area contributed by atoms with Crippen LogP contribution >= 0.6 is 12.2 Å². The molecular formula is C9H18N2OS. The first-order valence-corrected chi connectivity index (χ1v) is 5.10. The molecule has 2 N–H and O–H groups in total. The maximum atomic E-state index is 5.62. The van der Waals surface area contributed by atoms with Gasteiger partial charge in [-0.25, -0.2) is 0 Å². The van der Waals surface area contributed by atoms with Gasteiger partial charge < -0.3 is 10.5 Å². The number of nitrogens with two attached hydrogens (primary N) is 1. The number of hydrogen-bond donors (Lipinski definition) is 1. The quantitative estimate of drug-likeness (QED) is 0.671. The number of hydrogen-bond acceptors (Lipinski definition) is 3. The standard InChI is InChI=1S/C9H18N2OS/c1-6-4-11(5-7(2)12-6)8(3)9(10)13/h6-8H,4-5H2,1-3H3,(H2,10,13). The normalized spacial score (nSPS) is 32.8.